The second-order valence-electron chi connectivity index (χ2n) is 11.6. The van der Waals surface area contributed by atoms with Crippen LogP contribution in [0.15, 0.2) is 149 Å². The number of rotatable bonds is 4. The highest BCUT2D eigenvalue weighted by Crippen LogP contribution is 2.53. The monoisotopic (exact) mass is 621 g/mol. The van der Waals surface area contributed by atoms with E-state index in [-0.39, 0.29) is 0 Å². The van der Waals surface area contributed by atoms with E-state index in [0.29, 0.717) is 17.5 Å². The molecule has 0 saturated carbocycles. The normalized spacial score (nSPS) is 12.3. The first-order chi connectivity index (χ1) is 22.8. The third-order valence-corrected chi connectivity index (χ3v) is 11.1. The first kappa shape index (κ1) is 25.9. The Labute approximate surface area is 273 Å². The van der Waals surface area contributed by atoms with Crippen LogP contribution in [0.5, 0.6) is 0 Å². The average molecular weight is 622 g/mol. The van der Waals surface area contributed by atoms with Crippen LogP contribution in [-0.4, -0.2) is 15.0 Å². The second kappa shape index (κ2) is 10.1. The second-order valence-corrected chi connectivity index (χ2v) is 13.8. The highest BCUT2D eigenvalue weighted by Gasteiger charge is 2.23. The van der Waals surface area contributed by atoms with Crippen LogP contribution in [0.3, 0.4) is 0 Å². The summed E-state index contributed by atoms with van der Waals surface area (Å²) in [6.45, 7) is 0. The predicted octanol–water partition coefficient (Wildman–Crippen LogP) is 11.7. The lowest BCUT2D eigenvalue weighted by Crippen LogP contribution is -2.00. The molecule has 0 spiro atoms. The van der Waals surface area contributed by atoms with Crippen molar-refractivity contribution in [3.05, 3.63) is 140 Å². The fourth-order valence-electron chi connectivity index (χ4n) is 6.81. The van der Waals surface area contributed by atoms with E-state index in [1.165, 1.54) is 46.3 Å². The third kappa shape index (κ3) is 3.96. The van der Waals surface area contributed by atoms with E-state index in [1.807, 2.05) is 59.5 Å². The minimum atomic E-state index is 0.663. The zero-order valence-corrected chi connectivity index (χ0v) is 26.1. The minimum absolute atomic E-state index is 0.663. The molecule has 46 heavy (non-hydrogen) atoms. The molecule has 1 aliphatic rings. The van der Waals surface area contributed by atoms with Crippen molar-refractivity contribution < 1.29 is 0 Å². The number of aromatic nitrogens is 3. The Hall–Kier alpha value is -5.36. The van der Waals surface area contributed by atoms with Crippen LogP contribution in [0.25, 0.3) is 87.0 Å². The van der Waals surface area contributed by atoms with Crippen LogP contribution in [-0.2, 0) is 0 Å². The van der Waals surface area contributed by atoms with Crippen molar-refractivity contribution in [3.8, 4) is 45.3 Å². The first-order valence-corrected chi connectivity index (χ1v) is 16.9. The van der Waals surface area contributed by atoms with Gasteiger partial charge in [-0.1, -0.05) is 115 Å². The maximum atomic E-state index is 5.12. The Bertz CT molecular complexity index is 2610. The van der Waals surface area contributed by atoms with Gasteiger partial charge < -0.3 is 0 Å². The molecular formula is C41H23N3S2. The number of nitrogens with zero attached hydrogens (tertiary/aromatic N) is 3. The van der Waals surface area contributed by atoms with Gasteiger partial charge in [0.15, 0.2) is 17.5 Å². The van der Waals surface area contributed by atoms with Gasteiger partial charge >= 0.3 is 0 Å². The van der Waals surface area contributed by atoms with Gasteiger partial charge in [-0.05, 0) is 63.7 Å². The highest BCUT2D eigenvalue weighted by molar-refractivity contribution is 8.00. The summed E-state index contributed by atoms with van der Waals surface area (Å²) in [5.41, 5.74) is 5.30. The van der Waals surface area contributed by atoms with Gasteiger partial charge in [0, 0.05) is 52.0 Å². The molecule has 0 unspecified atom stereocenters. The van der Waals surface area contributed by atoms with Crippen LogP contribution in [0, 0.1) is 0 Å². The molecule has 10 rings (SSSR count). The quantitative estimate of drug-likeness (QED) is 0.196. The predicted molar refractivity (Wildman–Crippen MR) is 194 cm³/mol. The molecule has 0 atom stereocenters. The van der Waals surface area contributed by atoms with E-state index in [1.54, 1.807) is 0 Å². The van der Waals surface area contributed by atoms with Gasteiger partial charge in [-0.3, -0.25) is 0 Å². The Kier molecular flexibility index (Phi) is 5.68. The molecule has 2 aromatic heterocycles. The molecule has 1 aliphatic heterocycles. The van der Waals surface area contributed by atoms with Gasteiger partial charge in [0.1, 0.15) is 0 Å². The lowest BCUT2D eigenvalue weighted by Gasteiger charge is -2.18. The molecule has 0 saturated heterocycles. The van der Waals surface area contributed by atoms with E-state index in [2.05, 4.69) is 103 Å². The van der Waals surface area contributed by atoms with Gasteiger partial charge in [-0.2, -0.15) is 0 Å². The summed E-state index contributed by atoms with van der Waals surface area (Å²) in [4.78, 5) is 17.9. The molecule has 3 heterocycles. The minimum Gasteiger partial charge on any atom is -0.208 e. The number of benzene rings is 7. The average Bonchev–Trinajstić information content (AvgIpc) is 3.51. The van der Waals surface area contributed by atoms with Gasteiger partial charge in [0.25, 0.3) is 0 Å². The Balaban J connectivity index is 1.27. The van der Waals surface area contributed by atoms with Gasteiger partial charge in [0.05, 0.1) is 0 Å². The standard InChI is InChI=1S/C41H23N3S2/c1-3-11-24(12-4-1)39-42-40(25-13-5-2-6-14-25)44-41(43-39)31-22-27(21-26-15-7-8-16-28(26)31)30-23-35-38-36-29(30)17-9-18-32(36)45-33-19-10-20-34(46-35)37(33)38/h1-23H. The van der Waals surface area contributed by atoms with E-state index < -0.39 is 0 Å². The van der Waals surface area contributed by atoms with Crippen molar-refractivity contribution in [2.75, 3.05) is 0 Å². The lowest BCUT2D eigenvalue weighted by molar-refractivity contribution is 1.08. The maximum absolute atomic E-state index is 5.12. The van der Waals surface area contributed by atoms with E-state index in [9.17, 15) is 0 Å². The van der Waals surface area contributed by atoms with Crippen molar-refractivity contribution >= 4 is 64.8 Å². The number of hydrogen-bond donors (Lipinski definition) is 0. The molecule has 3 nitrogen and oxygen atoms in total. The zero-order chi connectivity index (χ0) is 30.2. The summed E-state index contributed by atoms with van der Waals surface area (Å²) in [6.07, 6.45) is 0. The molecular weight excluding hydrogens is 599 g/mol. The van der Waals surface area contributed by atoms with E-state index in [4.69, 9.17) is 15.0 Å². The third-order valence-electron chi connectivity index (χ3n) is 8.88. The Morgan fingerprint density at radius 2 is 1.02 bits per heavy atom. The first-order valence-electron chi connectivity index (χ1n) is 15.3. The maximum Gasteiger partial charge on any atom is 0.164 e. The fourth-order valence-corrected chi connectivity index (χ4v) is 9.22. The molecule has 5 heteroatoms. The molecule has 7 aromatic carbocycles. The molecule has 0 aliphatic carbocycles. The van der Waals surface area contributed by atoms with Crippen LogP contribution >= 0.6 is 23.1 Å². The molecule has 0 radical (unpaired) electrons. The number of thiophene rings is 1. The summed E-state index contributed by atoms with van der Waals surface area (Å²) < 4.78 is 2.67. The molecule has 0 fully saturated rings. The van der Waals surface area contributed by atoms with Crippen LogP contribution in [0.4, 0.5) is 0 Å². The van der Waals surface area contributed by atoms with Crippen LogP contribution in [0.1, 0.15) is 0 Å². The molecule has 0 amide bonds. The summed E-state index contributed by atoms with van der Waals surface area (Å²) in [5.74, 6) is 1.99. The SMILES string of the molecule is c1ccc(-c2nc(-c3ccccc3)nc(-c3cc(-c4cc5sc6cccc7c6c5c5c(cccc45)S7)cc4ccccc34)n2)cc1. The highest BCUT2D eigenvalue weighted by atomic mass is 32.2. The fraction of sp³-hybridized carbons (Fsp3) is 0. The zero-order valence-electron chi connectivity index (χ0n) is 24.4. The topological polar surface area (TPSA) is 38.7 Å². The van der Waals surface area contributed by atoms with Crippen molar-refractivity contribution in [3.63, 3.8) is 0 Å². The summed E-state index contributed by atoms with van der Waals surface area (Å²) in [5, 5.41) is 7.69. The van der Waals surface area contributed by atoms with Gasteiger partial charge in [0.2, 0.25) is 0 Å². The Morgan fingerprint density at radius 1 is 0.391 bits per heavy atom. The van der Waals surface area contributed by atoms with Crippen molar-refractivity contribution in [1.29, 1.82) is 0 Å². The molecule has 0 N–H and O–H groups in total. The smallest absolute Gasteiger partial charge is 0.164 e. The largest absolute Gasteiger partial charge is 0.208 e. The van der Waals surface area contributed by atoms with Crippen molar-refractivity contribution in [2.45, 2.75) is 9.79 Å². The summed E-state index contributed by atoms with van der Waals surface area (Å²) >= 11 is 3.78. The molecule has 9 aromatic rings. The Morgan fingerprint density at radius 3 is 1.78 bits per heavy atom. The van der Waals surface area contributed by atoms with E-state index >= 15 is 0 Å². The van der Waals surface area contributed by atoms with Crippen molar-refractivity contribution in [1.82, 2.24) is 15.0 Å². The van der Waals surface area contributed by atoms with Crippen LogP contribution < -0.4 is 0 Å². The molecule has 214 valence electrons. The van der Waals surface area contributed by atoms with Gasteiger partial charge in [-0.15, -0.1) is 11.3 Å². The summed E-state index contributed by atoms with van der Waals surface area (Å²) in [6, 6.07) is 49.4. The summed E-state index contributed by atoms with van der Waals surface area (Å²) in [7, 11) is 0. The number of fused-ring (bicyclic) bond motifs is 1. The lowest BCUT2D eigenvalue weighted by atomic mass is 9.91. The van der Waals surface area contributed by atoms with E-state index in [0.717, 1.165) is 33.0 Å². The van der Waals surface area contributed by atoms with Gasteiger partial charge in [-0.25, -0.2) is 15.0 Å². The molecule has 0 bridgehead atoms. The van der Waals surface area contributed by atoms with Crippen LogP contribution in [0.2, 0.25) is 0 Å². The number of hydrogen-bond acceptors (Lipinski definition) is 5. The van der Waals surface area contributed by atoms with Crippen molar-refractivity contribution in [2.24, 2.45) is 0 Å².